The van der Waals surface area contributed by atoms with Gasteiger partial charge < -0.3 is 10.6 Å². The molecule has 1 aromatic carbocycles. The standard InChI is InChI=1S/C12H17FN2S/c1-8(2)9(3)14-12(16)15-11-6-4-10(13)5-7-11/h4-9H,1-3H3,(H2,14,15,16)/t9-/m0/s1. The largest absolute Gasteiger partial charge is 0.360 e. The highest BCUT2D eigenvalue weighted by Gasteiger charge is 2.07. The van der Waals surface area contributed by atoms with Gasteiger partial charge in [0.1, 0.15) is 5.82 Å². The van der Waals surface area contributed by atoms with Gasteiger partial charge in [0.05, 0.1) is 0 Å². The molecule has 1 rings (SSSR count). The molecule has 4 heteroatoms. The van der Waals surface area contributed by atoms with Gasteiger partial charge in [-0.3, -0.25) is 0 Å². The first-order chi connectivity index (χ1) is 7.49. The van der Waals surface area contributed by atoms with E-state index >= 15 is 0 Å². The van der Waals surface area contributed by atoms with Crippen molar-refractivity contribution in [3.63, 3.8) is 0 Å². The van der Waals surface area contributed by atoms with Crippen LogP contribution in [-0.4, -0.2) is 11.2 Å². The molecule has 88 valence electrons. The third-order valence-corrected chi connectivity index (χ3v) is 2.68. The third-order valence-electron chi connectivity index (χ3n) is 2.46. The summed E-state index contributed by atoms with van der Waals surface area (Å²) in [5.41, 5.74) is 0.787. The molecule has 2 N–H and O–H groups in total. The molecule has 1 aromatic rings. The van der Waals surface area contributed by atoms with Crippen molar-refractivity contribution in [1.82, 2.24) is 5.32 Å². The normalized spacial score (nSPS) is 12.3. The fourth-order valence-corrected chi connectivity index (χ4v) is 1.38. The molecule has 0 aliphatic rings. The Morgan fingerprint density at radius 3 is 2.25 bits per heavy atom. The predicted molar refractivity (Wildman–Crippen MR) is 70.1 cm³/mol. The molecule has 16 heavy (non-hydrogen) atoms. The maximum Gasteiger partial charge on any atom is 0.170 e. The highest BCUT2D eigenvalue weighted by atomic mass is 32.1. The van der Waals surface area contributed by atoms with Gasteiger partial charge in [0.2, 0.25) is 0 Å². The zero-order valence-electron chi connectivity index (χ0n) is 9.75. The molecule has 0 aromatic heterocycles. The van der Waals surface area contributed by atoms with Crippen LogP contribution in [-0.2, 0) is 0 Å². The van der Waals surface area contributed by atoms with E-state index in [1.54, 1.807) is 12.1 Å². The Morgan fingerprint density at radius 1 is 1.19 bits per heavy atom. The van der Waals surface area contributed by atoms with E-state index in [1.807, 2.05) is 0 Å². The second kappa shape index (κ2) is 5.80. The van der Waals surface area contributed by atoms with Gasteiger partial charge in [-0.15, -0.1) is 0 Å². The number of nitrogens with one attached hydrogen (secondary N) is 2. The molecule has 0 saturated heterocycles. The van der Waals surface area contributed by atoms with Gasteiger partial charge >= 0.3 is 0 Å². The van der Waals surface area contributed by atoms with E-state index < -0.39 is 0 Å². The van der Waals surface area contributed by atoms with Crippen LogP contribution in [0.5, 0.6) is 0 Å². The summed E-state index contributed by atoms with van der Waals surface area (Å²) in [5.74, 6) is 0.257. The first kappa shape index (κ1) is 12.9. The van der Waals surface area contributed by atoms with Crippen LogP contribution in [0.15, 0.2) is 24.3 Å². The molecule has 0 spiro atoms. The number of thiocarbonyl (C=S) groups is 1. The SMILES string of the molecule is CC(C)[C@H](C)NC(=S)Nc1ccc(F)cc1. The number of hydrogen-bond donors (Lipinski definition) is 2. The van der Waals surface area contributed by atoms with Crippen LogP contribution >= 0.6 is 12.2 Å². The molecule has 0 bridgehead atoms. The Morgan fingerprint density at radius 2 is 1.75 bits per heavy atom. The molecule has 0 radical (unpaired) electrons. The van der Waals surface area contributed by atoms with E-state index in [0.717, 1.165) is 5.69 Å². The van der Waals surface area contributed by atoms with Gasteiger partial charge in [-0.1, -0.05) is 13.8 Å². The van der Waals surface area contributed by atoms with Crippen LogP contribution in [0.4, 0.5) is 10.1 Å². The van der Waals surface area contributed by atoms with Crippen molar-refractivity contribution < 1.29 is 4.39 Å². The van der Waals surface area contributed by atoms with E-state index in [0.29, 0.717) is 17.1 Å². The van der Waals surface area contributed by atoms with Crippen molar-refractivity contribution >= 4 is 23.0 Å². The fourth-order valence-electron chi connectivity index (χ4n) is 1.07. The summed E-state index contributed by atoms with van der Waals surface area (Å²) < 4.78 is 12.7. The Kier molecular flexibility index (Phi) is 4.68. The molecule has 0 fully saturated rings. The average Bonchev–Trinajstić information content (AvgIpc) is 2.21. The molecule has 0 aliphatic carbocycles. The van der Waals surface area contributed by atoms with Crippen LogP contribution in [0.3, 0.4) is 0 Å². The Hall–Kier alpha value is -1.16. The summed E-state index contributed by atoms with van der Waals surface area (Å²) >= 11 is 5.15. The Bertz CT molecular complexity index is 349. The molecule has 0 heterocycles. The monoisotopic (exact) mass is 240 g/mol. The minimum Gasteiger partial charge on any atom is -0.360 e. The van der Waals surface area contributed by atoms with Crippen LogP contribution in [0.25, 0.3) is 0 Å². The summed E-state index contributed by atoms with van der Waals surface area (Å²) in [5, 5.41) is 6.74. The zero-order valence-corrected chi connectivity index (χ0v) is 10.6. The van der Waals surface area contributed by atoms with Gasteiger partial charge in [0.25, 0.3) is 0 Å². The lowest BCUT2D eigenvalue weighted by molar-refractivity contribution is 0.489. The summed E-state index contributed by atoms with van der Waals surface area (Å²) in [7, 11) is 0. The van der Waals surface area contributed by atoms with E-state index in [4.69, 9.17) is 12.2 Å². The lowest BCUT2D eigenvalue weighted by atomic mass is 10.1. The minimum absolute atomic E-state index is 0.250. The smallest absolute Gasteiger partial charge is 0.170 e. The highest BCUT2D eigenvalue weighted by molar-refractivity contribution is 7.80. The summed E-state index contributed by atoms with van der Waals surface area (Å²) in [6, 6.07) is 6.42. The fraction of sp³-hybridized carbons (Fsp3) is 0.417. The van der Waals surface area contributed by atoms with E-state index in [1.165, 1.54) is 12.1 Å². The van der Waals surface area contributed by atoms with Crippen LogP contribution in [0.1, 0.15) is 20.8 Å². The lowest BCUT2D eigenvalue weighted by Gasteiger charge is -2.19. The highest BCUT2D eigenvalue weighted by Crippen LogP contribution is 2.08. The maximum absolute atomic E-state index is 12.7. The lowest BCUT2D eigenvalue weighted by Crippen LogP contribution is -2.38. The van der Waals surface area contributed by atoms with Crippen molar-refractivity contribution in [2.24, 2.45) is 5.92 Å². The number of anilines is 1. The average molecular weight is 240 g/mol. The molecule has 0 saturated carbocycles. The number of benzene rings is 1. The third kappa shape index (κ3) is 4.14. The molecule has 0 amide bonds. The summed E-state index contributed by atoms with van der Waals surface area (Å²) in [6.45, 7) is 6.32. The first-order valence-electron chi connectivity index (χ1n) is 5.32. The molecule has 0 aliphatic heterocycles. The van der Waals surface area contributed by atoms with Gasteiger partial charge in [-0.05, 0) is 49.3 Å². The second-order valence-electron chi connectivity index (χ2n) is 4.14. The first-order valence-corrected chi connectivity index (χ1v) is 5.73. The minimum atomic E-state index is -0.250. The maximum atomic E-state index is 12.7. The van der Waals surface area contributed by atoms with E-state index in [-0.39, 0.29) is 5.82 Å². The molecule has 0 unspecified atom stereocenters. The Balaban J connectivity index is 2.48. The van der Waals surface area contributed by atoms with Crippen molar-refractivity contribution in [3.8, 4) is 0 Å². The van der Waals surface area contributed by atoms with Crippen LogP contribution < -0.4 is 10.6 Å². The van der Waals surface area contributed by atoms with Crippen molar-refractivity contribution in [2.45, 2.75) is 26.8 Å². The van der Waals surface area contributed by atoms with Gasteiger partial charge in [0.15, 0.2) is 5.11 Å². The summed E-state index contributed by atoms with van der Waals surface area (Å²) in [4.78, 5) is 0. The second-order valence-corrected chi connectivity index (χ2v) is 4.55. The van der Waals surface area contributed by atoms with Crippen molar-refractivity contribution in [1.29, 1.82) is 0 Å². The van der Waals surface area contributed by atoms with Crippen LogP contribution in [0, 0.1) is 11.7 Å². The van der Waals surface area contributed by atoms with E-state index in [9.17, 15) is 4.39 Å². The quantitative estimate of drug-likeness (QED) is 0.794. The molecular formula is C12H17FN2S. The van der Waals surface area contributed by atoms with Crippen molar-refractivity contribution in [3.05, 3.63) is 30.1 Å². The van der Waals surface area contributed by atoms with E-state index in [2.05, 4.69) is 31.4 Å². The molecule has 2 nitrogen and oxygen atoms in total. The molecular weight excluding hydrogens is 223 g/mol. The predicted octanol–water partition coefficient (Wildman–Crippen LogP) is 3.16. The van der Waals surface area contributed by atoms with Gasteiger partial charge in [-0.2, -0.15) is 0 Å². The van der Waals surface area contributed by atoms with Crippen molar-refractivity contribution in [2.75, 3.05) is 5.32 Å². The number of hydrogen-bond acceptors (Lipinski definition) is 1. The Labute approximate surface area is 101 Å². The van der Waals surface area contributed by atoms with Crippen LogP contribution in [0.2, 0.25) is 0 Å². The number of rotatable bonds is 3. The molecule has 1 atom stereocenters. The van der Waals surface area contributed by atoms with Gasteiger partial charge in [0, 0.05) is 11.7 Å². The summed E-state index contributed by atoms with van der Waals surface area (Å²) in [6.07, 6.45) is 0. The zero-order chi connectivity index (χ0) is 12.1. The van der Waals surface area contributed by atoms with Gasteiger partial charge in [-0.25, -0.2) is 4.39 Å². The number of halogens is 1. The topological polar surface area (TPSA) is 24.1 Å².